The van der Waals surface area contributed by atoms with Gasteiger partial charge in [0, 0.05) is 5.56 Å². The lowest BCUT2D eigenvalue weighted by Gasteiger charge is -2.13. The zero-order chi connectivity index (χ0) is 16.3. The van der Waals surface area contributed by atoms with Crippen molar-refractivity contribution in [1.82, 2.24) is 5.48 Å². The van der Waals surface area contributed by atoms with Gasteiger partial charge in [-0.1, -0.05) is 0 Å². The minimum atomic E-state index is -4.89. The molecule has 2 N–H and O–H groups in total. The van der Waals surface area contributed by atoms with Gasteiger partial charge >= 0.3 is 6.36 Å². The molecule has 1 atom stereocenters. The number of carbonyl (C=O) groups is 1. The second-order valence-corrected chi connectivity index (χ2v) is 4.15. The Kier molecular flexibility index (Phi) is 4.40. The number of amides is 1. The molecule has 22 heavy (non-hydrogen) atoms. The van der Waals surface area contributed by atoms with Gasteiger partial charge in [0.1, 0.15) is 6.61 Å². The van der Waals surface area contributed by atoms with Crippen molar-refractivity contribution in [3.05, 3.63) is 23.8 Å². The summed E-state index contributed by atoms with van der Waals surface area (Å²) in [5.41, 5.74) is 1.59. The van der Waals surface area contributed by atoms with Gasteiger partial charge < -0.3 is 14.2 Å². The molecule has 1 heterocycles. The fraction of sp³-hybridized carbons (Fsp3) is 0.333. The summed E-state index contributed by atoms with van der Waals surface area (Å²) in [4.78, 5) is 15.1. The maximum atomic E-state index is 12.4. The molecule has 0 saturated carbocycles. The van der Waals surface area contributed by atoms with Crippen LogP contribution in [-0.4, -0.2) is 43.1 Å². The fourth-order valence-corrected chi connectivity index (χ4v) is 1.75. The Morgan fingerprint density at radius 1 is 1.45 bits per heavy atom. The Morgan fingerprint density at radius 3 is 2.77 bits per heavy atom. The number of carbonyl (C=O) groups excluding carboxylic acids is 1. The Labute approximate surface area is 122 Å². The molecular formula is C12H11F3N2O5. The lowest BCUT2D eigenvalue weighted by atomic mass is 10.2. The van der Waals surface area contributed by atoms with Gasteiger partial charge in [0.15, 0.2) is 17.5 Å². The van der Waals surface area contributed by atoms with E-state index in [1.165, 1.54) is 24.7 Å². The van der Waals surface area contributed by atoms with E-state index in [0.717, 1.165) is 6.07 Å². The molecule has 1 aromatic carbocycles. The quantitative estimate of drug-likeness (QED) is 0.644. The van der Waals surface area contributed by atoms with Crippen LogP contribution in [0.1, 0.15) is 5.56 Å². The summed E-state index contributed by atoms with van der Waals surface area (Å²) in [5, 5.41) is 8.51. The molecule has 0 radical (unpaired) electrons. The molecule has 0 aromatic heterocycles. The van der Waals surface area contributed by atoms with Crippen LogP contribution < -0.4 is 15.0 Å². The number of ether oxygens (including phenoxy) is 3. The van der Waals surface area contributed by atoms with E-state index < -0.39 is 24.1 Å². The molecule has 1 aliphatic heterocycles. The molecule has 7 nitrogen and oxygen atoms in total. The second-order valence-electron chi connectivity index (χ2n) is 4.15. The average molecular weight is 320 g/mol. The SMILES string of the molecule is COc1ccc(C2=N[C@H](C(=O)NO)CO2)cc1OC(F)(F)F. The van der Waals surface area contributed by atoms with Gasteiger partial charge in [0.25, 0.3) is 5.91 Å². The first-order chi connectivity index (χ1) is 10.3. The summed E-state index contributed by atoms with van der Waals surface area (Å²) in [6.07, 6.45) is -4.89. The van der Waals surface area contributed by atoms with E-state index >= 15 is 0 Å². The van der Waals surface area contributed by atoms with Crippen LogP contribution in [0.25, 0.3) is 0 Å². The van der Waals surface area contributed by atoms with Gasteiger partial charge in [-0.25, -0.2) is 10.5 Å². The van der Waals surface area contributed by atoms with Gasteiger partial charge in [0.2, 0.25) is 5.90 Å². The number of hydrogen-bond acceptors (Lipinski definition) is 6. The average Bonchev–Trinajstić information content (AvgIpc) is 2.94. The van der Waals surface area contributed by atoms with E-state index in [-0.39, 0.29) is 23.8 Å². The number of hydroxylamine groups is 1. The van der Waals surface area contributed by atoms with Crippen LogP contribution in [0.15, 0.2) is 23.2 Å². The summed E-state index contributed by atoms with van der Waals surface area (Å²) in [5.74, 6) is -1.50. The maximum Gasteiger partial charge on any atom is 0.573 e. The van der Waals surface area contributed by atoms with Crippen molar-refractivity contribution in [2.75, 3.05) is 13.7 Å². The second kappa shape index (κ2) is 6.10. The largest absolute Gasteiger partial charge is 0.573 e. The number of nitrogens with zero attached hydrogens (tertiary/aromatic N) is 1. The molecule has 10 heteroatoms. The van der Waals surface area contributed by atoms with Gasteiger partial charge in [-0.05, 0) is 18.2 Å². The number of alkyl halides is 3. The number of benzene rings is 1. The number of aliphatic imine (C=N–C) groups is 1. The smallest absolute Gasteiger partial charge is 0.493 e. The van der Waals surface area contributed by atoms with Crippen molar-refractivity contribution in [1.29, 1.82) is 0 Å². The van der Waals surface area contributed by atoms with Crippen molar-refractivity contribution in [3.8, 4) is 11.5 Å². The standard InChI is InChI=1S/C12H11F3N2O5/c1-20-8-3-2-6(4-9(8)22-12(13,14)15)11-16-7(5-21-11)10(18)17-19/h2-4,7,19H,5H2,1H3,(H,17,18)/t7-/m0/s1. The van der Waals surface area contributed by atoms with Crippen molar-refractivity contribution < 1.29 is 37.4 Å². The first-order valence-corrected chi connectivity index (χ1v) is 5.92. The summed E-state index contributed by atoms with van der Waals surface area (Å²) in [7, 11) is 1.20. The first kappa shape index (κ1) is 15.9. The van der Waals surface area contributed by atoms with E-state index in [0.29, 0.717) is 0 Å². The summed E-state index contributed by atoms with van der Waals surface area (Å²) in [6.45, 7) is -0.136. The highest BCUT2D eigenvalue weighted by molar-refractivity contribution is 5.98. The highest BCUT2D eigenvalue weighted by atomic mass is 19.4. The Morgan fingerprint density at radius 2 is 2.18 bits per heavy atom. The molecular weight excluding hydrogens is 309 g/mol. The number of nitrogens with one attached hydrogen (secondary N) is 1. The van der Waals surface area contributed by atoms with Crippen LogP contribution in [0, 0.1) is 0 Å². The maximum absolute atomic E-state index is 12.4. The predicted octanol–water partition coefficient (Wildman–Crippen LogP) is 1.24. The van der Waals surface area contributed by atoms with Crippen molar-refractivity contribution in [3.63, 3.8) is 0 Å². The summed E-state index contributed by atoms with van der Waals surface area (Å²) >= 11 is 0. The monoisotopic (exact) mass is 320 g/mol. The van der Waals surface area contributed by atoms with E-state index in [9.17, 15) is 18.0 Å². The van der Waals surface area contributed by atoms with Crippen LogP contribution in [0.2, 0.25) is 0 Å². The normalized spacial score (nSPS) is 17.5. The zero-order valence-corrected chi connectivity index (χ0v) is 11.2. The minimum absolute atomic E-state index is 0.0386. The van der Waals surface area contributed by atoms with E-state index in [1.807, 2.05) is 0 Å². The first-order valence-electron chi connectivity index (χ1n) is 5.92. The topological polar surface area (TPSA) is 89.4 Å². The van der Waals surface area contributed by atoms with Gasteiger partial charge in [0.05, 0.1) is 7.11 Å². The minimum Gasteiger partial charge on any atom is -0.493 e. The molecule has 1 aliphatic rings. The van der Waals surface area contributed by atoms with Crippen LogP contribution in [0.3, 0.4) is 0 Å². The molecule has 2 rings (SSSR count). The zero-order valence-electron chi connectivity index (χ0n) is 11.2. The van der Waals surface area contributed by atoms with Crippen molar-refractivity contribution in [2.24, 2.45) is 4.99 Å². The third-order valence-corrected chi connectivity index (χ3v) is 2.70. The molecule has 0 saturated heterocycles. The Bertz CT molecular complexity index is 603. The van der Waals surface area contributed by atoms with Crippen LogP contribution in [0.5, 0.6) is 11.5 Å². The summed E-state index contributed by atoms with van der Waals surface area (Å²) < 4.78 is 50.9. The van der Waals surface area contributed by atoms with Crippen molar-refractivity contribution >= 4 is 11.8 Å². The molecule has 120 valence electrons. The number of halogens is 3. The van der Waals surface area contributed by atoms with Gasteiger partial charge in [-0.3, -0.25) is 10.0 Å². The summed E-state index contributed by atoms with van der Waals surface area (Å²) in [6, 6.07) is 2.71. The van der Waals surface area contributed by atoms with Gasteiger partial charge in [-0.15, -0.1) is 13.2 Å². The van der Waals surface area contributed by atoms with E-state index in [2.05, 4.69) is 9.73 Å². The molecule has 0 spiro atoms. The van der Waals surface area contributed by atoms with E-state index in [1.54, 1.807) is 0 Å². The molecule has 0 bridgehead atoms. The third-order valence-electron chi connectivity index (χ3n) is 2.70. The third kappa shape index (κ3) is 3.58. The Hall–Kier alpha value is -2.49. The van der Waals surface area contributed by atoms with Crippen LogP contribution >= 0.6 is 0 Å². The lowest BCUT2D eigenvalue weighted by molar-refractivity contribution is -0.275. The predicted molar refractivity (Wildman–Crippen MR) is 65.9 cm³/mol. The Balaban J connectivity index is 2.29. The molecule has 1 amide bonds. The lowest BCUT2D eigenvalue weighted by Crippen LogP contribution is -2.31. The van der Waals surface area contributed by atoms with Crippen LogP contribution in [0.4, 0.5) is 13.2 Å². The fourth-order valence-electron chi connectivity index (χ4n) is 1.75. The number of hydrogen-bond donors (Lipinski definition) is 2. The van der Waals surface area contributed by atoms with E-state index in [4.69, 9.17) is 14.7 Å². The van der Waals surface area contributed by atoms with Crippen molar-refractivity contribution in [2.45, 2.75) is 12.4 Å². The molecule has 1 aromatic rings. The molecule has 0 unspecified atom stereocenters. The molecule has 0 aliphatic carbocycles. The number of methoxy groups -OCH3 is 1. The molecule has 0 fully saturated rings. The highest BCUT2D eigenvalue weighted by Crippen LogP contribution is 2.33. The van der Waals surface area contributed by atoms with Crippen LogP contribution in [-0.2, 0) is 9.53 Å². The van der Waals surface area contributed by atoms with Gasteiger partial charge in [-0.2, -0.15) is 0 Å². The number of rotatable bonds is 4. The highest BCUT2D eigenvalue weighted by Gasteiger charge is 2.33.